The van der Waals surface area contributed by atoms with E-state index >= 15 is 0 Å². The molecule has 0 spiro atoms. The van der Waals surface area contributed by atoms with Crippen molar-refractivity contribution in [2.45, 2.75) is 19.4 Å². The molecule has 3 nitrogen and oxygen atoms in total. The van der Waals surface area contributed by atoms with Crippen LogP contribution in [-0.4, -0.2) is 36.1 Å². The summed E-state index contributed by atoms with van der Waals surface area (Å²) in [6.45, 7) is 10.0. The molecule has 0 amide bonds. The lowest BCUT2D eigenvalue weighted by Gasteiger charge is -2.06. The number of hydrogen-bond donors (Lipinski definition) is 0. The van der Waals surface area contributed by atoms with Gasteiger partial charge in [-0.05, 0) is 13.8 Å². The van der Waals surface area contributed by atoms with Gasteiger partial charge in [-0.1, -0.05) is 6.58 Å². The molecule has 0 aliphatic carbocycles. The lowest BCUT2D eigenvalue weighted by atomic mass is 10.2. The minimum Gasteiger partial charge on any atom is -0.461 e. The van der Waals surface area contributed by atoms with Crippen LogP contribution in [0.1, 0.15) is 13.8 Å². The lowest BCUT2D eigenvalue weighted by Crippen LogP contribution is -2.16. The summed E-state index contributed by atoms with van der Waals surface area (Å²) in [5.74, 6) is -0.338. The van der Waals surface area contributed by atoms with Gasteiger partial charge < -0.3 is 4.74 Å². The smallest absolute Gasteiger partial charge is 0.330 e. The number of hydrogen-bond acceptors (Lipinski definition) is 3. The molecular weight excluding hydrogens is 154 g/mol. The van der Waals surface area contributed by atoms with Gasteiger partial charge in [0.25, 0.3) is 0 Å². The fraction of sp³-hybridized carbons (Fsp3) is 0.667. The van der Waals surface area contributed by atoms with Crippen LogP contribution in [0.4, 0.5) is 0 Å². The van der Waals surface area contributed by atoms with Crippen LogP contribution in [0.3, 0.4) is 0 Å². The predicted molar refractivity (Wildman–Crippen MR) is 46.8 cm³/mol. The van der Waals surface area contributed by atoms with Crippen molar-refractivity contribution in [2.75, 3.05) is 19.7 Å². The van der Waals surface area contributed by atoms with Gasteiger partial charge >= 0.3 is 5.97 Å². The Morgan fingerprint density at radius 2 is 2.33 bits per heavy atom. The van der Waals surface area contributed by atoms with Gasteiger partial charge in [0.2, 0.25) is 0 Å². The van der Waals surface area contributed by atoms with Crippen molar-refractivity contribution in [3.05, 3.63) is 12.7 Å². The summed E-state index contributed by atoms with van der Waals surface area (Å²) in [4.78, 5) is 12.9. The number of esters is 1. The Kier molecular flexibility index (Phi) is 2.52. The van der Waals surface area contributed by atoms with Crippen molar-refractivity contribution in [1.82, 2.24) is 4.90 Å². The highest BCUT2D eigenvalue weighted by atomic mass is 16.5. The Bertz CT molecular complexity index is 199. The van der Waals surface area contributed by atoms with Gasteiger partial charge in [0.15, 0.2) is 0 Å². The van der Waals surface area contributed by atoms with Gasteiger partial charge in [0, 0.05) is 24.7 Å². The topological polar surface area (TPSA) is 29.3 Å². The minimum atomic E-state index is -0.338. The molecular formula is C9H15NO2. The molecule has 12 heavy (non-hydrogen) atoms. The quantitative estimate of drug-likeness (QED) is 0.354. The maximum absolute atomic E-state index is 10.6. The average Bonchev–Trinajstić information content (AvgIpc) is 2.59. The second kappa shape index (κ2) is 3.27. The Morgan fingerprint density at radius 3 is 2.75 bits per heavy atom. The number of nitrogens with zero attached hydrogens (tertiary/aromatic N) is 1. The van der Waals surface area contributed by atoms with Crippen LogP contribution in [0, 0.1) is 0 Å². The molecule has 0 bridgehead atoms. The summed E-state index contributed by atoms with van der Waals surface area (Å²) in [6, 6.07) is 0. The third-order valence-corrected chi connectivity index (χ3v) is 2.10. The van der Waals surface area contributed by atoms with Crippen LogP contribution in [-0.2, 0) is 9.53 Å². The largest absolute Gasteiger partial charge is 0.461 e. The van der Waals surface area contributed by atoms with Crippen molar-refractivity contribution in [3.63, 3.8) is 0 Å². The van der Waals surface area contributed by atoms with E-state index in [0.717, 1.165) is 13.1 Å². The highest BCUT2D eigenvalue weighted by molar-refractivity contribution is 5.81. The lowest BCUT2D eigenvalue weighted by molar-refractivity contribution is -0.137. The maximum Gasteiger partial charge on any atom is 0.330 e. The molecule has 0 N–H and O–H groups in total. The standard InChI is InChI=1S/C9H15NO2/c1-4-8(11)12-6-5-10-7-9(10,2)3/h4H,1,5-7H2,2-3H3. The molecule has 3 heteroatoms. The Balaban J connectivity index is 2.05. The summed E-state index contributed by atoms with van der Waals surface area (Å²) in [6.07, 6.45) is 1.19. The summed E-state index contributed by atoms with van der Waals surface area (Å²) in [5.41, 5.74) is 0.320. The summed E-state index contributed by atoms with van der Waals surface area (Å²) in [5, 5.41) is 0. The summed E-state index contributed by atoms with van der Waals surface area (Å²) < 4.78 is 4.84. The van der Waals surface area contributed by atoms with E-state index in [1.165, 1.54) is 6.08 Å². The monoisotopic (exact) mass is 169 g/mol. The van der Waals surface area contributed by atoms with Crippen LogP contribution in [0.25, 0.3) is 0 Å². The zero-order chi connectivity index (χ0) is 9.19. The highest BCUT2D eigenvalue weighted by Crippen LogP contribution is 2.29. The van der Waals surface area contributed by atoms with Crippen LogP contribution in [0.5, 0.6) is 0 Å². The molecule has 1 fully saturated rings. The van der Waals surface area contributed by atoms with Crippen molar-refractivity contribution < 1.29 is 9.53 Å². The van der Waals surface area contributed by atoms with E-state index in [1.54, 1.807) is 0 Å². The van der Waals surface area contributed by atoms with E-state index < -0.39 is 0 Å². The first-order valence-corrected chi connectivity index (χ1v) is 4.10. The third kappa shape index (κ3) is 2.34. The average molecular weight is 169 g/mol. The predicted octanol–water partition coefficient (Wildman–Crippen LogP) is 0.810. The van der Waals surface area contributed by atoms with Gasteiger partial charge in [-0.25, -0.2) is 4.79 Å². The molecule has 0 aromatic heterocycles. The Hall–Kier alpha value is -0.830. The van der Waals surface area contributed by atoms with Crippen LogP contribution in [0.15, 0.2) is 12.7 Å². The SMILES string of the molecule is C=CC(=O)OCCN1CC1(C)C. The second-order valence-electron chi connectivity index (χ2n) is 3.61. The van der Waals surface area contributed by atoms with Gasteiger partial charge in [0.05, 0.1) is 0 Å². The Labute approximate surface area is 73.0 Å². The molecule has 1 aliphatic heterocycles. The number of ether oxygens (including phenoxy) is 1. The van der Waals surface area contributed by atoms with Gasteiger partial charge in [-0.2, -0.15) is 0 Å². The second-order valence-corrected chi connectivity index (χ2v) is 3.61. The molecule has 0 aromatic rings. The molecule has 1 unspecified atom stereocenters. The fourth-order valence-electron chi connectivity index (χ4n) is 1.13. The van der Waals surface area contributed by atoms with E-state index in [4.69, 9.17) is 4.74 Å². The normalized spacial score (nSPS) is 24.7. The third-order valence-electron chi connectivity index (χ3n) is 2.10. The van der Waals surface area contributed by atoms with Gasteiger partial charge in [-0.15, -0.1) is 0 Å². The number of carbonyl (C=O) groups excluding carboxylic acids is 1. The first-order chi connectivity index (χ1) is 5.56. The van der Waals surface area contributed by atoms with E-state index in [1.807, 2.05) is 0 Å². The molecule has 68 valence electrons. The zero-order valence-corrected chi connectivity index (χ0v) is 7.67. The molecule has 1 aliphatic rings. The summed E-state index contributed by atoms with van der Waals surface area (Å²) in [7, 11) is 0. The molecule has 1 heterocycles. The van der Waals surface area contributed by atoms with Crippen LogP contribution < -0.4 is 0 Å². The van der Waals surface area contributed by atoms with E-state index in [0.29, 0.717) is 12.1 Å². The van der Waals surface area contributed by atoms with Crippen molar-refractivity contribution >= 4 is 5.97 Å². The molecule has 1 rings (SSSR count). The highest BCUT2D eigenvalue weighted by Gasteiger charge is 2.42. The Morgan fingerprint density at radius 1 is 1.75 bits per heavy atom. The van der Waals surface area contributed by atoms with E-state index in [-0.39, 0.29) is 5.97 Å². The maximum atomic E-state index is 10.6. The van der Waals surface area contributed by atoms with E-state index in [9.17, 15) is 4.79 Å². The fourth-order valence-corrected chi connectivity index (χ4v) is 1.13. The molecule has 0 saturated carbocycles. The molecule has 0 aromatic carbocycles. The van der Waals surface area contributed by atoms with Crippen molar-refractivity contribution in [3.8, 4) is 0 Å². The molecule has 1 atom stereocenters. The minimum absolute atomic E-state index is 0.320. The molecule has 1 saturated heterocycles. The summed E-state index contributed by atoms with van der Waals surface area (Å²) >= 11 is 0. The number of carbonyl (C=O) groups is 1. The van der Waals surface area contributed by atoms with Crippen LogP contribution >= 0.6 is 0 Å². The van der Waals surface area contributed by atoms with Gasteiger partial charge in [-0.3, -0.25) is 4.90 Å². The first-order valence-electron chi connectivity index (χ1n) is 4.10. The van der Waals surface area contributed by atoms with Crippen molar-refractivity contribution in [2.24, 2.45) is 0 Å². The zero-order valence-electron chi connectivity index (χ0n) is 7.67. The molecule has 0 radical (unpaired) electrons. The number of rotatable bonds is 4. The van der Waals surface area contributed by atoms with Crippen LogP contribution in [0.2, 0.25) is 0 Å². The van der Waals surface area contributed by atoms with Crippen molar-refractivity contribution in [1.29, 1.82) is 0 Å². The van der Waals surface area contributed by atoms with Gasteiger partial charge in [0.1, 0.15) is 6.61 Å². The first kappa shape index (κ1) is 9.26. The van der Waals surface area contributed by atoms with E-state index in [2.05, 4.69) is 25.3 Å².